The van der Waals surface area contributed by atoms with Crippen molar-refractivity contribution in [1.82, 2.24) is 0 Å². The van der Waals surface area contributed by atoms with E-state index in [-0.39, 0.29) is 18.8 Å². The Morgan fingerprint density at radius 3 is 2.07 bits per heavy atom. The zero-order valence-electron chi connectivity index (χ0n) is 15.1. The smallest absolute Gasteiger partial charge is 0.338 e. The molecular weight excluding hydrogens is 348 g/mol. The fourth-order valence-corrected chi connectivity index (χ4v) is 2.28. The van der Waals surface area contributed by atoms with E-state index in [4.69, 9.17) is 4.74 Å². The van der Waals surface area contributed by atoms with Crippen LogP contribution in [0.3, 0.4) is 0 Å². The minimum atomic E-state index is -0.503. The lowest BCUT2D eigenvalue weighted by molar-refractivity contribution is -0.123. The number of ketones is 1. The van der Waals surface area contributed by atoms with Crippen molar-refractivity contribution in [1.29, 1.82) is 0 Å². The molecule has 2 aromatic rings. The molecule has 2 aromatic carbocycles. The summed E-state index contributed by atoms with van der Waals surface area (Å²) in [7, 11) is 0. The SMILES string of the molecule is CCOC(=O)c1ccc(NC(=O)CC(=O)Nc2cccc(C(C)=O)c2)cc1. The Labute approximate surface area is 156 Å². The van der Waals surface area contributed by atoms with Gasteiger partial charge in [0.25, 0.3) is 0 Å². The molecule has 2 rings (SSSR count). The van der Waals surface area contributed by atoms with Crippen molar-refractivity contribution in [2.45, 2.75) is 20.3 Å². The molecule has 0 aliphatic rings. The predicted molar refractivity (Wildman–Crippen MR) is 101 cm³/mol. The number of carbonyl (C=O) groups excluding carboxylic acids is 4. The first-order valence-electron chi connectivity index (χ1n) is 8.37. The summed E-state index contributed by atoms with van der Waals surface area (Å²) in [5.41, 5.74) is 1.75. The molecule has 2 amide bonds. The molecule has 0 aromatic heterocycles. The van der Waals surface area contributed by atoms with Crippen LogP contribution in [0, 0.1) is 0 Å². The van der Waals surface area contributed by atoms with Gasteiger partial charge in [-0.05, 0) is 50.2 Å². The molecule has 0 unspecified atom stereocenters. The van der Waals surface area contributed by atoms with Gasteiger partial charge in [-0.25, -0.2) is 4.79 Å². The lowest BCUT2D eigenvalue weighted by Crippen LogP contribution is -2.21. The molecule has 27 heavy (non-hydrogen) atoms. The molecular formula is C20H20N2O5. The van der Waals surface area contributed by atoms with Gasteiger partial charge in [-0.2, -0.15) is 0 Å². The first kappa shape index (κ1) is 19.8. The topological polar surface area (TPSA) is 102 Å². The number of benzene rings is 2. The van der Waals surface area contributed by atoms with Gasteiger partial charge in [0.15, 0.2) is 5.78 Å². The molecule has 2 N–H and O–H groups in total. The van der Waals surface area contributed by atoms with Crippen molar-refractivity contribution in [2.75, 3.05) is 17.2 Å². The Bertz CT molecular complexity index is 859. The summed E-state index contributed by atoms with van der Waals surface area (Å²) in [5.74, 6) is -1.56. The molecule has 0 saturated heterocycles. The second kappa shape index (κ2) is 9.28. The van der Waals surface area contributed by atoms with Gasteiger partial charge in [0.2, 0.25) is 11.8 Å². The van der Waals surface area contributed by atoms with Crippen LogP contribution in [-0.4, -0.2) is 30.2 Å². The first-order chi connectivity index (χ1) is 12.9. The van der Waals surface area contributed by atoms with Gasteiger partial charge in [0.05, 0.1) is 12.2 Å². The summed E-state index contributed by atoms with van der Waals surface area (Å²) < 4.78 is 4.88. The fraction of sp³-hybridized carbons (Fsp3) is 0.200. The predicted octanol–water partition coefficient (Wildman–Crippen LogP) is 3.03. The number of rotatable bonds is 7. The molecule has 0 saturated carbocycles. The zero-order chi connectivity index (χ0) is 19.8. The largest absolute Gasteiger partial charge is 0.462 e. The van der Waals surface area contributed by atoms with E-state index in [1.54, 1.807) is 43.3 Å². The van der Waals surface area contributed by atoms with Gasteiger partial charge in [-0.1, -0.05) is 12.1 Å². The van der Waals surface area contributed by atoms with Crippen molar-refractivity contribution >= 4 is 34.9 Å². The Morgan fingerprint density at radius 1 is 0.852 bits per heavy atom. The average Bonchev–Trinajstić information content (AvgIpc) is 2.62. The molecule has 0 aliphatic carbocycles. The maximum absolute atomic E-state index is 12.0. The van der Waals surface area contributed by atoms with Crippen LogP contribution in [0.2, 0.25) is 0 Å². The van der Waals surface area contributed by atoms with Crippen LogP contribution in [0.5, 0.6) is 0 Å². The number of Topliss-reactive ketones (excluding diaryl/α,β-unsaturated/α-hetero) is 1. The van der Waals surface area contributed by atoms with Crippen LogP contribution < -0.4 is 10.6 Å². The van der Waals surface area contributed by atoms with Gasteiger partial charge in [-0.3, -0.25) is 14.4 Å². The Kier molecular flexibility index (Phi) is 6.82. The highest BCUT2D eigenvalue weighted by Crippen LogP contribution is 2.13. The molecule has 7 nitrogen and oxygen atoms in total. The van der Waals surface area contributed by atoms with E-state index in [1.165, 1.54) is 19.1 Å². The van der Waals surface area contributed by atoms with Crippen molar-refractivity contribution < 1.29 is 23.9 Å². The number of anilines is 2. The van der Waals surface area contributed by atoms with Gasteiger partial charge >= 0.3 is 5.97 Å². The van der Waals surface area contributed by atoms with E-state index in [1.807, 2.05) is 0 Å². The monoisotopic (exact) mass is 368 g/mol. The Morgan fingerprint density at radius 2 is 1.48 bits per heavy atom. The summed E-state index contributed by atoms with van der Waals surface area (Å²) in [6, 6.07) is 12.6. The Balaban J connectivity index is 1.89. The highest BCUT2D eigenvalue weighted by atomic mass is 16.5. The van der Waals surface area contributed by atoms with E-state index < -0.39 is 17.8 Å². The maximum atomic E-state index is 12.0. The van der Waals surface area contributed by atoms with E-state index in [0.717, 1.165) is 0 Å². The van der Waals surface area contributed by atoms with E-state index in [0.29, 0.717) is 22.5 Å². The lowest BCUT2D eigenvalue weighted by atomic mass is 10.1. The van der Waals surface area contributed by atoms with Crippen molar-refractivity contribution in [3.8, 4) is 0 Å². The minimum Gasteiger partial charge on any atom is -0.462 e. The molecule has 0 bridgehead atoms. The van der Waals surface area contributed by atoms with Crippen LogP contribution in [-0.2, 0) is 14.3 Å². The fourth-order valence-electron chi connectivity index (χ4n) is 2.28. The molecule has 7 heteroatoms. The number of nitrogens with one attached hydrogen (secondary N) is 2. The van der Waals surface area contributed by atoms with Crippen LogP contribution >= 0.6 is 0 Å². The van der Waals surface area contributed by atoms with Crippen LogP contribution in [0.4, 0.5) is 11.4 Å². The summed E-state index contributed by atoms with van der Waals surface area (Å²) in [4.78, 5) is 46.9. The second-order valence-electron chi connectivity index (χ2n) is 5.71. The number of esters is 1. The number of amides is 2. The van der Waals surface area contributed by atoms with Gasteiger partial charge in [-0.15, -0.1) is 0 Å². The summed E-state index contributed by atoms with van der Waals surface area (Å²) in [6.07, 6.45) is -0.385. The number of carbonyl (C=O) groups is 4. The van der Waals surface area contributed by atoms with Crippen molar-refractivity contribution in [3.63, 3.8) is 0 Å². The van der Waals surface area contributed by atoms with E-state index in [2.05, 4.69) is 10.6 Å². The molecule has 0 aliphatic heterocycles. The maximum Gasteiger partial charge on any atom is 0.338 e. The van der Waals surface area contributed by atoms with E-state index in [9.17, 15) is 19.2 Å². The standard InChI is InChI=1S/C20H20N2O5/c1-3-27-20(26)14-7-9-16(10-8-14)21-18(24)12-19(25)22-17-6-4-5-15(11-17)13(2)23/h4-11H,3,12H2,1-2H3,(H,21,24)(H,22,25). The normalized spacial score (nSPS) is 10.0. The lowest BCUT2D eigenvalue weighted by Gasteiger charge is -2.08. The summed E-state index contributed by atoms with van der Waals surface area (Å²) >= 11 is 0. The average molecular weight is 368 g/mol. The quantitative estimate of drug-likeness (QED) is 0.444. The molecule has 0 radical (unpaired) electrons. The van der Waals surface area contributed by atoms with Crippen molar-refractivity contribution in [3.05, 3.63) is 59.7 Å². The number of hydrogen-bond donors (Lipinski definition) is 2. The minimum absolute atomic E-state index is 0.116. The number of hydrogen-bond acceptors (Lipinski definition) is 5. The number of ether oxygens (including phenoxy) is 1. The van der Waals surface area contributed by atoms with Gasteiger partial charge in [0.1, 0.15) is 6.42 Å². The molecule has 0 atom stereocenters. The van der Waals surface area contributed by atoms with Gasteiger partial charge in [0, 0.05) is 16.9 Å². The second-order valence-corrected chi connectivity index (χ2v) is 5.71. The Hall–Kier alpha value is -3.48. The molecule has 140 valence electrons. The zero-order valence-corrected chi connectivity index (χ0v) is 15.1. The third-order valence-electron chi connectivity index (χ3n) is 3.55. The molecule has 0 spiro atoms. The third kappa shape index (κ3) is 6.07. The van der Waals surface area contributed by atoms with Crippen molar-refractivity contribution in [2.24, 2.45) is 0 Å². The summed E-state index contributed by atoms with van der Waals surface area (Å²) in [5, 5.41) is 5.16. The van der Waals surface area contributed by atoms with Crippen LogP contribution in [0.25, 0.3) is 0 Å². The highest BCUT2D eigenvalue weighted by Gasteiger charge is 2.12. The van der Waals surface area contributed by atoms with Crippen LogP contribution in [0.1, 0.15) is 41.0 Å². The first-order valence-corrected chi connectivity index (χ1v) is 8.37. The summed E-state index contributed by atoms with van der Waals surface area (Å²) in [6.45, 7) is 3.43. The highest BCUT2D eigenvalue weighted by molar-refractivity contribution is 6.08. The van der Waals surface area contributed by atoms with E-state index >= 15 is 0 Å². The third-order valence-corrected chi connectivity index (χ3v) is 3.55. The molecule has 0 fully saturated rings. The van der Waals surface area contributed by atoms with Crippen LogP contribution in [0.15, 0.2) is 48.5 Å². The molecule has 0 heterocycles. The van der Waals surface area contributed by atoms with Gasteiger partial charge < -0.3 is 15.4 Å².